The Morgan fingerprint density at radius 2 is 2.12 bits per heavy atom. The summed E-state index contributed by atoms with van der Waals surface area (Å²) in [5.41, 5.74) is 0.121. The topological polar surface area (TPSA) is 39.7 Å². The average molecular weight is 243 g/mol. The summed E-state index contributed by atoms with van der Waals surface area (Å²) < 4.78 is 17.1. The third-order valence-electron chi connectivity index (χ3n) is 3.68. The van der Waals surface area contributed by atoms with Gasteiger partial charge in [0.25, 0.3) is 0 Å². The molecule has 0 aliphatic carbocycles. The third-order valence-corrected chi connectivity index (χ3v) is 3.68. The summed E-state index contributed by atoms with van der Waals surface area (Å²) in [5.74, 6) is 0. The number of piperidine rings is 1. The largest absolute Gasteiger partial charge is 0.382 e. The van der Waals surface area contributed by atoms with Crippen LogP contribution in [0.5, 0.6) is 0 Å². The van der Waals surface area contributed by atoms with Crippen LogP contribution in [0, 0.1) is 0 Å². The van der Waals surface area contributed by atoms with Gasteiger partial charge in [-0.05, 0) is 39.3 Å². The second kappa shape index (κ2) is 6.69. The van der Waals surface area contributed by atoms with Crippen LogP contribution in [0.15, 0.2) is 0 Å². The van der Waals surface area contributed by atoms with Crippen LogP contribution in [0.1, 0.15) is 32.6 Å². The van der Waals surface area contributed by atoms with Crippen LogP contribution in [-0.4, -0.2) is 51.2 Å². The highest BCUT2D eigenvalue weighted by Crippen LogP contribution is 2.35. The molecule has 100 valence electrons. The molecule has 1 spiro atoms. The van der Waals surface area contributed by atoms with E-state index in [1.165, 1.54) is 0 Å². The molecule has 1 N–H and O–H groups in total. The zero-order chi connectivity index (χ0) is 12.0. The highest BCUT2D eigenvalue weighted by molar-refractivity contribution is 4.93. The standard InChI is InChI=1S/C13H25NO3/c1-2-15-8-3-9-16-12-10-13(17-11-12)4-6-14-7-5-13/h12,14H,2-11H2,1H3. The molecule has 2 saturated heterocycles. The Morgan fingerprint density at radius 1 is 1.29 bits per heavy atom. The monoisotopic (exact) mass is 243 g/mol. The second-order valence-electron chi connectivity index (χ2n) is 4.99. The van der Waals surface area contributed by atoms with Crippen molar-refractivity contribution >= 4 is 0 Å². The van der Waals surface area contributed by atoms with E-state index in [1.54, 1.807) is 0 Å². The first-order chi connectivity index (χ1) is 8.35. The first-order valence-corrected chi connectivity index (χ1v) is 6.89. The van der Waals surface area contributed by atoms with Gasteiger partial charge in [0.05, 0.1) is 18.3 Å². The number of hydrogen-bond acceptors (Lipinski definition) is 4. The van der Waals surface area contributed by atoms with Gasteiger partial charge in [-0.25, -0.2) is 0 Å². The summed E-state index contributed by atoms with van der Waals surface area (Å²) in [5, 5.41) is 3.38. The van der Waals surface area contributed by atoms with Crippen LogP contribution in [-0.2, 0) is 14.2 Å². The first-order valence-electron chi connectivity index (χ1n) is 6.89. The first kappa shape index (κ1) is 13.3. The molecule has 0 saturated carbocycles. The van der Waals surface area contributed by atoms with Crippen LogP contribution in [0.3, 0.4) is 0 Å². The smallest absolute Gasteiger partial charge is 0.0836 e. The van der Waals surface area contributed by atoms with Crippen molar-refractivity contribution in [2.24, 2.45) is 0 Å². The predicted octanol–water partition coefficient (Wildman–Crippen LogP) is 1.34. The second-order valence-corrected chi connectivity index (χ2v) is 4.99. The van der Waals surface area contributed by atoms with Crippen LogP contribution < -0.4 is 5.32 Å². The van der Waals surface area contributed by atoms with Crippen LogP contribution in [0.4, 0.5) is 0 Å². The number of rotatable bonds is 6. The lowest BCUT2D eigenvalue weighted by atomic mass is 9.89. The van der Waals surface area contributed by atoms with Crippen LogP contribution in [0.2, 0.25) is 0 Å². The van der Waals surface area contributed by atoms with Crippen LogP contribution in [0.25, 0.3) is 0 Å². The van der Waals surface area contributed by atoms with E-state index in [9.17, 15) is 0 Å². The summed E-state index contributed by atoms with van der Waals surface area (Å²) in [6.07, 6.45) is 4.62. The van der Waals surface area contributed by atoms with Gasteiger partial charge in [0.1, 0.15) is 0 Å². The molecule has 2 aliphatic rings. The molecule has 0 aromatic carbocycles. The van der Waals surface area contributed by atoms with Crippen molar-refractivity contribution in [3.05, 3.63) is 0 Å². The van der Waals surface area contributed by atoms with Gasteiger partial charge in [-0.3, -0.25) is 0 Å². The Labute approximate surface area is 104 Å². The molecule has 0 bridgehead atoms. The SMILES string of the molecule is CCOCCCOC1COC2(CCNCC2)C1. The minimum atomic E-state index is 0.121. The van der Waals surface area contributed by atoms with E-state index in [0.717, 1.165) is 65.2 Å². The number of ether oxygens (including phenoxy) is 3. The molecule has 0 radical (unpaired) electrons. The Kier molecular flexibility index (Phi) is 5.22. The summed E-state index contributed by atoms with van der Waals surface area (Å²) in [4.78, 5) is 0. The Morgan fingerprint density at radius 3 is 2.88 bits per heavy atom. The summed E-state index contributed by atoms with van der Waals surface area (Å²) in [7, 11) is 0. The molecule has 0 amide bonds. The zero-order valence-electron chi connectivity index (χ0n) is 10.9. The molecular formula is C13H25NO3. The molecule has 2 heterocycles. The highest BCUT2D eigenvalue weighted by Gasteiger charge is 2.41. The Hall–Kier alpha value is -0.160. The van der Waals surface area contributed by atoms with Gasteiger partial charge in [0, 0.05) is 26.2 Å². The molecule has 1 unspecified atom stereocenters. The van der Waals surface area contributed by atoms with Crippen molar-refractivity contribution in [3.63, 3.8) is 0 Å². The fourth-order valence-electron chi connectivity index (χ4n) is 2.70. The van der Waals surface area contributed by atoms with E-state index in [2.05, 4.69) is 5.32 Å². The fraction of sp³-hybridized carbons (Fsp3) is 1.00. The molecular weight excluding hydrogens is 218 g/mol. The molecule has 1 atom stereocenters. The van der Waals surface area contributed by atoms with Gasteiger partial charge in [-0.1, -0.05) is 0 Å². The summed E-state index contributed by atoms with van der Waals surface area (Å²) in [6, 6.07) is 0. The van der Waals surface area contributed by atoms with E-state index in [0.29, 0.717) is 6.10 Å². The van der Waals surface area contributed by atoms with Crippen molar-refractivity contribution in [3.8, 4) is 0 Å². The van der Waals surface area contributed by atoms with Crippen molar-refractivity contribution in [1.82, 2.24) is 5.32 Å². The minimum absolute atomic E-state index is 0.121. The van der Waals surface area contributed by atoms with Gasteiger partial charge in [-0.2, -0.15) is 0 Å². The lowest BCUT2D eigenvalue weighted by Crippen LogP contribution is -2.41. The maximum atomic E-state index is 5.98. The maximum Gasteiger partial charge on any atom is 0.0836 e. The quantitative estimate of drug-likeness (QED) is 0.715. The molecule has 2 aliphatic heterocycles. The van der Waals surface area contributed by atoms with Gasteiger partial charge in [0.15, 0.2) is 0 Å². The van der Waals surface area contributed by atoms with Gasteiger partial charge in [0.2, 0.25) is 0 Å². The van der Waals surface area contributed by atoms with Crippen molar-refractivity contribution in [2.45, 2.75) is 44.3 Å². The van der Waals surface area contributed by atoms with Crippen molar-refractivity contribution in [2.75, 3.05) is 39.5 Å². The molecule has 4 nitrogen and oxygen atoms in total. The highest BCUT2D eigenvalue weighted by atomic mass is 16.6. The normalized spacial score (nSPS) is 27.7. The minimum Gasteiger partial charge on any atom is -0.382 e. The van der Waals surface area contributed by atoms with E-state index in [4.69, 9.17) is 14.2 Å². The fourth-order valence-corrected chi connectivity index (χ4v) is 2.70. The Balaban J connectivity index is 1.60. The maximum absolute atomic E-state index is 5.98. The van der Waals surface area contributed by atoms with Crippen LogP contribution >= 0.6 is 0 Å². The summed E-state index contributed by atoms with van der Waals surface area (Å²) in [6.45, 7) is 7.35. The molecule has 2 fully saturated rings. The molecule has 0 aromatic heterocycles. The zero-order valence-corrected chi connectivity index (χ0v) is 10.9. The average Bonchev–Trinajstić information content (AvgIpc) is 2.73. The van der Waals surface area contributed by atoms with Crippen molar-refractivity contribution in [1.29, 1.82) is 0 Å². The molecule has 0 aromatic rings. The number of hydrogen-bond donors (Lipinski definition) is 1. The molecule has 2 rings (SSSR count). The van der Waals surface area contributed by atoms with E-state index < -0.39 is 0 Å². The number of nitrogens with one attached hydrogen (secondary N) is 1. The Bertz CT molecular complexity index is 217. The lowest BCUT2D eigenvalue weighted by molar-refractivity contribution is -0.0239. The third kappa shape index (κ3) is 3.91. The van der Waals surface area contributed by atoms with E-state index >= 15 is 0 Å². The summed E-state index contributed by atoms with van der Waals surface area (Å²) >= 11 is 0. The molecule has 17 heavy (non-hydrogen) atoms. The van der Waals surface area contributed by atoms with Gasteiger partial charge < -0.3 is 19.5 Å². The van der Waals surface area contributed by atoms with Gasteiger partial charge in [-0.15, -0.1) is 0 Å². The van der Waals surface area contributed by atoms with Gasteiger partial charge >= 0.3 is 0 Å². The molecule has 4 heteroatoms. The predicted molar refractivity (Wildman–Crippen MR) is 66.3 cm³/mol. The van der Waals surface area contributed by atoms with E-state index in [1.807, 2.05) is 6.92 Å². The lowest BCUT2D eigenvalue weighted by Gasteiger charge is -2.32. The van der Waals surface area contributed by atoms with E-state index in [-0.39, 0.29) is 5.60 Å². The van der Waals surface area contributed by atoms with Crippen molar-refractivity contribution < 1.29 is 14.2 Å².